The Bertz CT molecular complexity index is 1610. The lowest BCUT2D eigenvalue weighted by Gasteiger charge is -2.20. The van der Waals surface area contributed by atoms with Crippen LogP contribution in [0.25, 0.3) is 11.6 Å². The van der Waals surface area contributed by atoms with Crippen LogP contribution in [0.5, 0.6) is 0 Å². The van der Waals surface area contributed by atoms with Crippen molar-refractivity contribution in [1.29, 1.82) is 31.6 Å². The molecule has 1 aromatic rings. The van der Waals surface area contributed by atoms with E-state index >= 15 is 0 Å². The smallest absolute Gasteiger partial charge is 0.256 e. The number of pyridine rings is 1. The molecule has 0 aromatic carbocycles. The van der Waals surface area contributed by atoms with Gasteiger partial charge < -0.3 is 15.4 Å². The van der Waals surface area contributed by atoms with Crippen molar-refractivity contribution < 1.29 is 5.11 Å². The third kappa shape index (κ3) is 4.23. The molecule has 0 aliphatic carbocycles. The highest BCUT2D eigenvalue weighted by Gasteiger charge is 2.24. The monoisotopic (exact) mass is 432 g/mol. The second-order valence-electron chi connectivity index (χ2n) is 6.45. The van der Waals surface area contributed by atoms with Crippen molar-refractivity contribution in [2.75, 3.05) is 0 Å². The summed E-state index contributed by atoms with van der Waals surface area (Å²) < 4.78 is 0. The van der Waals surface area contributed by atoms with E-state index in [0.29, 0.717) is 0 Å². The minimum absolute atomic E-state index is 0.00762. The van der Waals surface area contributed by atoms with E-state index in [1.165, 1.54) is 32.1 Å². The topological polar surface area (TPSA) is 208 Å². The van der Waals surface area contributed by atoms with Gasteiger partial charge in [-0.2, -0.15) is 31.6 Å². The van der Waals surface area contributed by atoms with Gasteiger partial charge in [-0.3, -0.25) is 4.79 Å². The molecule has 0 radical (unpaired) electrons. The van der Waals surface area contributed by atoms with E-state index in [-0.39, 0.29) is 49.7 Å². The van der Waals surface area contributed by atoms with Gasteiger partial charge in [0, 0.05) is 10.8 Å². The maximum Gasteiger partial charge on any atom is 0.256 e. The Labute approximate surface area is 187 Å². The molecule has 1 aromatic heterocycles. The minimum Gasteiger partial charge on any atom is -0.494 e. The third-order valence-corrected chi connectivity index (χ3v) is 4.74. The molecule has 0 atom stereocenters. The van der Waals surface area contributed by atoms with Gasteiger partial charge in [0.05, 0.1) is 22.2 Å². The van der Waals surface area contributed by atoms with Crippen LogP contribution in [0.1, 0.15) is 18.1 Å². The van der Waals surface area contributed by atoms with Crippen molar-refractivity contribution in [2.45, 2.75) is 13.8 Å². The Balaban J connectivity index is 2.72. The lowest BCUT2D eigenvalue weighted by atomic mass is 9.94. The molecule has 0 saturated carbocycles. The number of hydrogen-bond donors (Lipinski definition) is 3. The summed E-state index contributed by atoms with van der Waals surface area (Å²) in [6, 6.07) is 10.4. The molecule has 2 rings (SSSR count). The molecule has 0 fully saturated rings. The van der Waals surface area contributed by atoms with Crippen LogP contribution in [-0.4, -0.2) is 10.1 Å². The highest BCUT2D eigenvalue weighted by atomic mass is 16.3. The van der Waals surface area contributed by atoms with Gasteiger partial charge in [-0.05, 0) is 37.1 Å². The Hall–Kier alpha value is -5.81. The highest BCUT2D eigenvalue weighted by molar-refractivity contribution is 5.73. The fraction of sp³-hybridized carbons (Fsp3) is 0.0870. The van der Waals surface area contributed by atoms with Crippen LogP contribution in [0.2, 0.25) is 0 Å². The van der Waals surface area contributed by atoms with Crippen LogP contribution < -0.4 is 21.4 Å². The Morgan fingerprint density at radius 3 is 2.06 bits per heavy atom. The summed E-state index contributed by atoms with van der Waals surface area (Å²) in [5.74, 6) is -0.407. The number of allylic oxidation sites excluding steroid dienone is 6. The quantitative estimate of drug-likeness (QED) is 0.558. The van der Waals surface area contributed by atoms with Gasteiger partial charge in [-0.1, -0.05) is 6.08 Å². The summed E-state index contributed by atoms with van der Waals surface area (Å²) in [6.45, 7) is 3.01. The highest BCUT2D eigenvalue weighted by Crippen LogP contribution is 2.28. The van der Waals surface area contributed by atoms with Gasteiger partial charge >= 0.3 is 0 Å². The van der Waals surface area contributed by atoms with Gasteiger partial charge in [0.25, 0.3) is 5.56 Å². The number of rotatable bonds is 2. The molecule has 10 nitrogen and oxygen atoms in total. The molecule has 3 N–H and O–H groups in total. The summed E-state index contributed by atoms with van der Waals surface area (Å²) in [4.78, 5) is 14.9. The lowest BCUT2D eigenvalue weighted by Crippen LogP contribution is -2.38. The summed E-state index contributed by atoms with van der Waals surface area (Å²) >= 11 is 0. The number of aliphatic hydroxyl groups excluding tert-OH is 1. The molecule has 33 heavy (non-hydrogen) atoms. The predicted octanol–water partition coefficient (Wildman–Crippen LogP) is 0.604. The standard InChI is InChI=1S/C23H12N8O2/c1-12-16(22(32)30-20(18(12)10-28)14(6-24)7-25)4-3-5-17-13(2)19(11-29)21(31-23(17)33)15(8-26)9-27/h3-5,30,32H,1-2H3,(H,31,33). The predicted molar refractivity (Wildman–Crippen MR) is 113 cm³/mol. The molecular formula is C23H12N8O2. The maximum absolute atomic E-state index is 12.5. The maximum atomic E-state index is 12.5. The molecule has 1 aliphatic heterocycles. The van der Waals surface area contributed by atoms with E-state index < -0.39 is 17.0 Å². The molecule has 0 saturated heterocycles. The van der Waals surface area contributed by atoms with Crippen LogP contribution in [0, 0.1) is 74.9 Å². The van der Waals surface area contributed by atoms with E-state index in [0.717, 1.165) is 0 Å². The van der Waals surface area contributed by atoms with Crippen molar-refractivity contribution in [3.63, 3.8) is 0 Å². The van der Waals surface area contributed by atoms with Gasteiger partial charge in [-0.15, -0.1) is 0 Å². The van der Waals surface area contributed by atoms with Gasteiger partial charge in [0.15, 0.2) is 17.0 Å². The first kappa shape index (κ1) is 23.5. The van der Waals surface area contributed by atoms with Crippen LogP contribution in [0.4, 0.5) is 0 Å². The van der Waals surface area contributed by atoms with Crippen molar-refractivity contribution in [1.82, 2.24) is 10.3 Å². The molecule has 10 heteroatoms. The second-order valence-corrected chi connectivity index (χ2v) is 6.45. The molecular weight excluding hydrogens is 420 g/mol. The molecule has 2 heterocycles. The normalized spacial score (nSPS) is 13.2. The van der Waals surface area contributed by atoms with E-state index in [1.807, 2.05) is 12.1 Å². The zero-order valence-corrected chi connectivity index (χ0v) is 17.3. The Kier molecular flexibility index (Phi) is 6.97. The van der Waals surface area contributed by atoms with Gasteiger partial charge in [-0.25, -0.2) is 0 Å². The SMILES string of the molecule is CC1=C(C#N)C(=C(C#N)C#N)NC(O)=C1C=CC=c1c(C)c(C#N)c(=C(C#N)C#N)[nH]c1=O. The number of nitrogens with one attached hydrogen (secondary N) is 2. The third-order valence-electron chi connectivity index (χ3n) is 4.74. The number of aliphatic hydroxyl groups is 1. The number of aromatic amines is 1. The second kappa shape index (κ2) is 9.80. The van der Waals surface area contributed by atoms with E-state index in [4.69, 9.17) is 21.0 Å². The average Bonchev–Trinajstić information content (AvgIpc) is 2.79. The number of nitrogens with zero attached hydrogens (tertiary/aromatic N) is 6. The van der Waals surface area contributed by atoms with Crippen LogP contribution >= 0.6 is 0 Å². The van der Waals surface area contributed by atoms with Crippen LogP contribution in [-0.2, 0) is 0 Å². The van der Waals surface area contributed by atoms with Crippen molar-refractivity contribution >= 4 is 11.6 Å². The fourth-order valence-corrected chi connectivity index (χ4v) is 3.06. The molecule has 0 amide bonds. The summed E-state index contributed by atoms with van der Waals surface area (Å²) in [5.41, 5.74) is -0.858. The summed E-state index contributed by atoms with van der Waals surface area (Å²) in [7, 11) is 0. The Morgan fingerprint density at radius 2 is 1.55 bits per heavy atom. The fourth-order valence-electron chi connectivity index (χ4n) is 3.06. The summed E-state index contributed by atoms with van der Waals surface area (Å²) in [6.07, 6.45) is 4.15. The van der Waals surface area contributed by atoms with Crippen molar-refractivity contribution in [3.8, 4) is 36.4 Å². The van der Waals surface area contributed by atoms with Crippen LogP contribution in [0.3, 0.4) is 0 Å². The number of dihydropyridines is 1. The lowest BCUT2D eigenvalue weighted by molar-refractivity contribution is 0.372. The van der Waals surface area contributed by atoms with Gasteiger partial charge in [0.1, 0.15) is 36.4 Å². The van der Waals surface area contributed by atoms with Crippen molar-refractivity contribution in [3.05, 3.63) is 78.1 Å². The first-order chi connectivity index (χ1) is 15.8. The number of nitriles is 6. The number of aromatic nitrogens is 1. The van der Waals surface area contributed by atoms with Crippen LogP contribution in [0.15, 0.2) is 50.8 Å². The summed E-state index contributed by atoms with van der Waals surface area (Å²) in [5, 5.41) is 67.9. The zero-order chi connectivity index (χ0) is 24.7. The van der Waals surface area contributed by atoms with Crippen molar-refractivity contribution in [2.24, 2.45) is 0 Å². The average molecular weight is 432 g/mol. The minimum atomic E-state index is -0.642. The van der Waals surface area contributed by atoms with E-state index in [1.54, 1.807) is 24.3 Å². The molecule has 156 valence electrons. The number of H-pyrrole nitrogens is 1. The largest absolute Gasteiger partial charge is 0.494 e. The molecule has 0 spiro atoms. The molecule has 1 aliphatic rings. The van der Waals surface area contributed by atoms with E-state index in [2.05, 4.69) is 10.3 Å². The number of hydrogen-bond acceptors (Lipinski definition) is 9. The van der Waals surface area contributed by atoms with E-state index in [9.17, 15) is 20.4 Å². The molecule has 0 unspecified atom stereocenters. The Morgan fingerprint density at radius 1 is 0.939 bits per heavy atom. The first-order valence-corrected chi connectivity index (χ1v) is 9.01. The van der Waals surface area contributed by atoms with Gasteiger partial charge in [0.2, 0.25) is 0 Å². The molecule has 0 bridgehead atoms. The zero-order valence-electron chi connectivity index (χ0n) is 17.3. The first-order valence-electron chi connectivity index (χ1n) is 9.01.